The predicted molar refractivity (Wildman–Crippen MR) is 83.4 cm³/mol. The minimum absolute atomic E-state index is 0.737. The normalized spacial score (nSPS) is 10.9. The van der Waals surface area contributed by atoms with Gasteiger partial charge in [-0.25, -0.2) is 0 Å². The lowest BCUT2D eigenvalue weighted by atomic mass is 10.2. The van der Waals surface area contributed by atoms with E-state index in [1.54, 1.807) is 18.4 Å². The highest BCUT2D eigenvalue weighted by Gasteiger charge is 2.06. The molecule has 2 aromatic rings. The van der Waals surface area contributed by atoms with E-state index in [1.807, 2.05) is 24.3 Å². The average molecular weight is 312 g/mol. The molecule has 0 saturated heterocycles. The zero-order valence-corrected chi connectivity index (χ0v) is 13.0. The molecule has 6 heteroatoms. The highest BCUT2D eigenvalue weighted by molar-refractivity contribution is 7.14. The van der Waals surface area contributed by atoms with Crippen LogP contribution in [0.3, 0.4) is 0 Å². The van der Waals surface area contributed by atoms with E-state index >= 15 is 0 Å². The maximum absolute atomic E-state index is 5.88. The van der Waals surface area contributed by atoms with Crippen molar-refractivity contribution in [2.45, 2.75) is 12.8 Å². The molecular formula is C14H18ClN3OS. The van der Waals surface area contributed by atoms with Crippen LogP contribution in [0.25, 0.3) is 10.6 Å². The van der Waals surface area contributed by atoms with Gasteiger partial charge >= 0.3 is 0 Å². The average Bonchev–Trinajstić information content (AvgIpc) is 2.92. The topological polar surface area (TPSA) is 47.0 Å². The number of methoxy groups -OCH3 is 1. The van der Waals surface area contributed by atoms with Gasteiger partial charge in [0, 0.05) is 30.7 Å². The Morgan fingerprint density at radius 3 is 2.75 bits per heavy atom. The lowest BCUT2D eigenvalue weighted by Gasteiger charge is -2.01. The Balaban J connectivity index is 1.79. The largest absolute Gasteiger partial charge is 0.383 e. The molecule has 0 unspecified atom stereocenters. The zero-order valence-electron chi connectivity index (χ0n) is 11.4. The van der Waals surface area contributed by atoms with E-state index in [4.69, 9.17) is 16.3 Å². The van der Waals surface area contributed by atoms with Crippen molar-refractivity contribution in [3.63, 3.8) is 0 Å². The summed E-state index contributed by atoms with van der Waals surface area (Å²) in [4.78, 5) is 0. The van der Waals surface area contributed by atoms with Crippen LogP contribution in [-0.4, -0.2) is 37.0 Å². The number of hydrogen-bond donors (Lipinski definition) is 1. The van der Waals surface area contributed by atoms with E-state index in [0.717, 1.165) is 53.1 Å². The van der Waals surface area contributed by atoms with Crippen molar-refractivity contribution >= 4 is 22.9 Å². The van der Waals surface area contributed by atoms with Crippen molar-refractivity contribution in [1.29, 1.82) is 0 Å². The molecule has 4 nitrogen and oxygen atoms in total. The smallest absolute Gasteiger partial charge is 0.147 e. The molecular weight excluding hydrogens is 294 g/mol. The van der Waals surface area contributed by atoms with Crippen LogP contribution >= 0.6 is 22.9 Å². The van der Waals surface area contributed by atoms with Gasteiger partial charge in [0.15, 0.2) is 0 Å². The molecule has 0 radical (unpaired) electrons. The maximum atomic E-state index is 5.88. The molecule has 2 rings (SSSR count). The number of rotatable bonds is 8. The van der Waals surface area contributed by atoms with E-state index in [9.17, 15) is 0 Å². The Morgan fingerprint density at radius 1 is 1.20 bits per heavy atom. The Labute approximate surface area is 128 Å². The number of aryl methyl sites for hydroxylation is 1. The molecule has 0 saturated carbocycles. The number of nitrogens with one attached hydrogen (secondary N) is 1. The van der Waals surface area contributed by atoms with Crippen LogP contribution in [0.15, 0.2) is 24.3 Å². The number of nitrogens with zero attached hydrogens (tertiary/aromatic N) is 2. The Kier molecular flexibility index (Phi) is 6.39. The molecule has 0 aliphatic rings. The summed E-state index contributed by atoms with van der Waals surface area (Å²) >= 11 is 7.52. The second kappa shape index (κ2) is 8.32. The van der Waals surface area contributed by atoms with Crippen LogP contribution < -0.4 is 5.32 Å². The molecule has 0 amide bonds. The van der Waals surface area contributed by atoms with Crippen molar-refractivity contribution in [2.75, 3.05) is 26.8 Å². The summed E-state index contributed by atoms with van der Waals surface area (Å²) in [6.45, 7) is 2.61. The fraction of sp³-hybridized carbons (Fsp3) is 0.429. The molecule has 0 aliphatic carbocycles. The Hall–Kier alpha value is -1.01. The van der Waals surface area contributed by atoms with Gasteiger partial charge in [-0.05, 0) is 25.1 Å². The summed E-state index contributed by atoms with van der Waals surface area (Å²) in [7, 11) is 1.71. The first-order valence-corrected chi connectivity index (χ1v) is 7.77. The van der Waals surface area contributed by atoms with Crippen LogP contribution in [0.4, 0.5) is 0 Å². The summed E-state index contributed by atoms with van der Waals surface area (Å²) in [5, 5.41) is 14.5. The number of halogens is 1. The first-order chi connectivity index (χ1) is 9.79. The molecule has 0 aliphatic heterocycles. The summed E-state index contributed by atoms with van der Waals surface area (Å²) in [5.74, 6) is 0. The number of ether oxygens (including phenoxy) is 1. The summed E-state index contributed by atoms with van der Waals surface area (Å²) < 4.78 is 4.98. The second-order valence-corrected chi connectivity index (χ2v) is 5.85. The van der Waals surface area contributed by atoms with Gasteiger partial charge in [-0.3, -0.25) is 0 Å². The van der Waals surface area contributed by atoms with E-state index < -0.39 is 0 Å². The van der Waals surface area contributed by atoms with E-state index in [0.29, 0.717) is 0 Å². The maximum Gasteiger partial charge on any atom is 0.147 e. The van der Waals surface area contributed by atoms with Gasteiger partial charge in [0.05, 0.1) is 6.61 Å². The van der Waals surface area contributed by atoms with Crippen LogP contribution in [0.1, 0.15) is 11.4 Å². The SMILES string of the molecule is COCCNCCCc1nnc(-c2ccc(Cl)cc2)s1. The van der Waals surface area contributed by atoms with Gasteiger partial charge in [0.25, 0.3) is 0 Å². The molecule has 0 atom stereocenters. The van der Waals surface area contributed by atoms with Crippen LogP contribution in [0.5, 0.6) is 0 Å². The first kappa shape index (κ1) is 15.4. The highest BCUT2D eigenvalue weighted by atomic mass is 35.5. The fourth-order valence-corrected chi connectivity index (χ4v) is 2.74. The van der Waals surface area contributed by atoms with Gasteiger partial charge < -0.3 is 10.1 Å². The van der Waals surface area contributed by atoms with Crippen molar-refractivity contribution in [2.24, 2.45) is 0 Å². The standard InChI is InChI=1S/C14H18ClN3OS/c1-19-10-9-16-8-2-3-13-17-18-14(20-13)11-4-6-12(15)7-5-11/h4-7,16H,2-3,8-10H2,1H3. The van der Waals surface area contributed by atoms with Crippen molar-refractivity contribution < 1.29 is 4.74 Å². The lowest BCUT2D eigenvalue weighted by molar-refractivity contribution is 0.199. The fourth-order valence-electron chi connectivity index (χ4n) is 1.73. The molecule has 108 valence electrons. The van der Waals surface area contributed by atoms with Gasteiger partial charge in [-0.2, -0.15) is 0 Å². The van der Waals surface area contributed by atoms with Crippen molar-refractivity contribution in [1.82, 2.24) is 15.5 Å². The third-order valence-corrected chi connectivity index (χ3v) is 4.07. The molecule has 0 spiro atoms. The van der Waals surface area contributed by atoms with Crippen molar-refractivity contribution in [3.05, 3.63) is 34.3 Å². The molecule has 20 heavy (non-hydrogen) atoms. The number of benzene rings is 1. The highest BCUT2D eigenvalue weighted by Crippen LogP contribution is 2.25. The lowest BCUT2D eigenvalue weighted by Crippen LogP contribution is -2.20. The third kappa shape index (κ3) is 4.83. The number of aromatic nitrogens is 2. The van der Waals surface area contributed by atoms with Gasteiger partial charge in [0.2, 0.25) is 0 Å². The van der Waals surface area contributed by atoms with Crippen LogP contribution in [0.2, 0.25) is 5.02 Å². The van der Waals surface area contributed by atoms with E-state index in [1.165, 1.54) is 0 Å². The van der Waals surface area contributed by atoms with E-state index in [2.05, 4.69) is 15.5 Å². The summed E-state index contributed by atoms with van der Waals surface area (Å²) in [6, 6.07) is 7.69. The van der Waals surface area contributed by atoms with Crippen LogP contribution in [0, 0.1) is 0 Å². The summed E-state index contributed by atoms with van der Waals surface area (Å²) in [5.41, 5.74) is 1.07. The Morgan fingerprint density at radius 2 is 2.00 bits per heavy atom. The number of hydrogen-bond acceptors (Lipinski definition) is 5. The summed E-state index contributed by atoms with van der Waals surface area (Å²) in [6.07, 6.45) is 2.00. The molecule has 1 aromatic heterocycles. The van der Waals surface area contributed by atoms with Gasteiger partial charge in [0.1, 0.15) is 10.0 Å². The second-order valence-electron chi connectivity index (χ2n) is 4.35. The van der Waals surface area contributed by atoms with Gasteiger partial charge in [-0.1, -0.05) is 35.1 Å². The monoisotopic (exact) mass is 311 g/mol. The third-order valence-electron chi connectivity index (χ3n) is 2.79. The molecule has 1 heterocycles. The Bertz CT molecular complexity index is 515. The van der Waals surface area contributed by atoms with Gasteiger partial charge in [-0.15, -0.1) is 10.2 Å². The zero-order chi connectivity index (χ0) is 14.2. The first-order valence-electron chi connectivity index (χ1n) is 6.57. The molecule has 0 fully saturated rings. The minimum Gasteiger partial charge on any atom is -0.383 e. The molecule has 1 aromatic carbocycles. The van der Waals surface area contributed by atoms with Crippen LogP contribution in [-0.2, 0) is 11.2 Å². The predicted octanol–water partition coefficient (Wildman–Crippen LogP) is 3.03. The quantitative estimate of drug-likeness (QED) is 0.761. The molecule has 0 bridgehead atoms. The van der Waals surface area contributed by atoms with E-state index in [-0.39, 0.29) is 0 Å². The minimum atomic E-state index is 0.737. The molecule has 1 N–H and O–H groups in total. The van der Waals surface area contributed by atoms with Crippen molar-refractivity contribution in [3.8, 4) is 10.6 Å².